The van der Waals surface area contributed by atoms with E-state index in [9.17, 15) is 4.79 Å². The van der Waals surface area contributed by atoms with Crippen LogP contribution in [0.25, 0.3) is 0 Å². The lowest BCUT2D eigenvalue weighted by Crippen LogP contribution is -2.43. The van der Waals surface area contributed by atoms with E-state index < -0.39 is 0 Å². The third-order valence-corrected chi connectivity index (χ3v) is 5.04. The minimum atomic E-state index is -0.143. The monoisotopic (exact) mass is 370 g/mol. The van der Waals surface area contributed by atoms with Crippen LogP contribution < -0.4 is 10.6 Å². The fraction of sp³-hybridized carbons (Fsp3) is 0.550. The number of piperidine rings is 1. The Bertz CT molecular complexity index is 736. The molecule has 1 aromatic heterocycles. The molecule has 7 heteroatoms. The zero-order chi connectivity index (χ0) is 19.2. The van der Waals surface area contributed by atoms with Crippen molar-refractivity contribution in [2.75, 3.05) is 33.7 Å². The van der Waals surface area contributed by atoms with Crippen molar-refractivity contribution in [1.29, 1.82) is 0 Å². The van der Waals surface area contributed by atoms with Crippen molar-refractivity contribution in [3.8, 4) is 0 Å². The predicted molar refractivity (Wildman–Crippen MR) is 106 cm³/mol. The highest BCUT2D eigenvalue weighted by atomic mass is 16.2. The summed E-state index contributed by atoms with van der Waals surface area (Å²) >= 11 is 0. The molecule has 1 atom stereocenters. The quantitative estimate of drug-likeness (QED) is 0.771. The van der Waals surface area contributed by atoms with E-state index in [-0.39, 0.29) is 11.9 Å². The van der Waals surface area contributed by atoms with Crippen LogP contribution in [0.4, 0.5) is 0 Å². The summed E-state index contributed by atoms with van der Waals surface area (Å²) in [6.45, 7) is 4.66. The summed E-state index contributed by atoms with van der Waals surface area (Å²) in [4.78, 5) is 15.0. The third-order valence-electron chi connectivity index (χ3n) is 5.04. The van der Waals surface area contributed by atoms with Gasteiger partial charge in [0, 0.05) is 12.6 Å². The third kappa shape index (κ3) is 5.14. The van der Waals surface area contributed by atoms with Gasteiger partial charge in [0.1, 0.15) is 0 Å². The molecule has 0 saturated carbocycles. The van der Waals surface area contributed by atoms with Crippen molar-refractivity contribution in [3.05, 3.63) is 47.3 Å². The number of nitrogens with zero attached hydrogens (tertiary/aromatic N) is 4. The Hall–Kier alpha value is -2.25. The van der Waals surface area contributed by atoms with Crippen LogP contribution in [0.3, 0.4) is 0 Å². The number of likely N-dealkylation sites (N-methyl/N-ethyl adjacent to an activating group) is 1. The number of hydrogen-bond donors (Lipinski definition) is 2. The summed E-state index contributed by atoms with van der Waals surface area (Å²) < 4.78 is 1.92. The highest BCUT2D eigenvalue weighted by molar-refractivity contribution is 5.93. The average Bonchev–Trinajstić information content (AvgIpc) is 3.04. The first kappa shape index (κ1) is 19.5. The Morgan fingerprint density at radius 1 is 1.30 bits per heavy atom. The van der Waals surface area contributed by atoms with Gasteiger partial charge < -0.3 is 15.5 Å². The number of hydrogen-bond acceptors (Lipinski definition) is 5. The van der Waals surface area contributed by atoms with Gasteiger partial charge in [0.2, 0.25) is 0 Å². The molecule has 146 valence electrons. The maximum absolute atomic E-state index is 12.9. The molecule has 1 aliphatic rings. The van der Waals surface area contributed by atoms with Crippen LogP contribution in [0.15, 0.2) is 30.3 Å². The largest absolute Gasteiger partial charge is 0.346 e. The first-order chi connectivity index (χ1) is 13.0. The molecular formula is C20H30N6O. The van der Waals surface area contributed by atoms with Gasteiger partial charge in [0.05, 0.1) is 11.7 Å². The van der Waals surface area contributed by atoms with E-state index in [1.807, 2.05) is 43.9 Å². The van der Waals surface area contributed by atoms with Crippen molar-refractivity contribution >= 4 is 5.91 Å². The fourth-order valence-corrected chi connectivity index (χ4v) is 3.70. The minimum Gasteiger partial charge on any atom is -0.346 e. The molecule has 2 aromatic rings. The summed E-state index contributed by atoms with van der Waals surface area (Å²) in [6.07, 6.45) is 2.82. The van der Waals surface area contributed by atoms with Gasteiger partial charge >= 0.3 is 0 Å². The molecule has 1 amide bonds. The van der Waals surface area contributed by atoms with Crippen molar-refractivity contribution in [2.45, 2.75) is 38.3 Å². The Morgan fingerprint density at radius 3 is 2.67 bits per heavy atom. The molecule has 0 aliphatic carbocycles. The smallest absolute Gasteiger partial charge is 0.274 e. The summed E-state index contributed by atoms with van der Waals surface area (Å²) in [5.41, 5.74) is 2.49. The lowest BCUT2D eigenvalue weighted by Gasteiger charge is -2.24. The molecule has 1 aliphatic heterocycles. The Kier molecular flexibility index (Phi) is 6.58. The molecule has 2 heterocycles. The van der Waals surface area contributed by atoms with Crippen molar-refractivity contribution in [1.82, 2.24) is 30.5 Å². The number of carbonyl (C=O) groups excluding carboxylic acids is 1. The summed E-state index contributed by atoms with van der Waals surface area (Å²) in [7, 11) is 4.03. The van der Waals surface area contributed by atoms with Crippen LogP contribution in [0.2, 0.25) is 0 Å². The van der Waals surface area contributed by atoms with E-state index >= 15 is 0 Å². The van der Waals surface area contributed by atoms with Gasteiger partial charge in [0.15, 0.2) is 5.69 Å². The van der Waals surface area contributed by atoms with Crippen LogP contribution in [0.1, 0.15) is 40.6 Å². The Morgan fingerprint density at radius 2 is 2.00 bits per heavy atom. The minimum absolute atomic E-state index is 0.0123. The van der Waals surface area contributed by atoms with Gasteiger partial charge in [-0.2, -0.15) is 0 Å². The number of benzene rings is 1. The Labute approximate surface area is 161 Å². The van der Waals surface area contributed by atoms with Crippen molar-refractivity contribution < 1.29 is 4.79 Å². The summed E-state index contributed by atoms with van der Waals surface area (Å²) in [5.74, 6) is -0.143. The SMILES string of the molecule is Cc1c(C(=O)NC(Cc2ccccc2)CN(C)C)nnn1C1CCNCC1. The highest BCUT2D eigenvalue weighted by Crippen LogP contribution is 2.20. The van der Waals surface area contributed by atoms with E-state index in [1.165, 1.54) is 5.56 Å². The first-order valence-electron chi connectivity index (χ1n) is 9.66. The molecule has 7 nitrogen and oxygen atoms in total. The molecule has 1 saturated heterocycles. The van der Waals surface area contributed by atoms with E-state index in [0.717, 1.165) is 44.6 Å². The molecule has 1 aromatic carbocycles. The van der Waals surface area contributed by atoms with E-state index in [1.54, 1.807) is 0 Å². The van der Waals surface area contributed by atoms with Crippen LogP contribution in [-0.4, -0.2) is 65.6 Å². The zero-order valence-corrected chi connectivity index (χ0v) is 16.5. The van der Waals surface area contributed by atoms with Gasteiger partial charge in [-0.3, -0.25) is 4.79 Å². The number of aromatic nitrogens is 3. The van der Waals surface area contributed by atoms with E-state index in [4.69, 9.17) is 0 Å². The van der Waals surface area contributed by atoms with Gasteiger partial charge in [-0.15, -0.1) is 5.10 Å². The molecule has 2 N–H and O–H groups in total. The molecule has 0 radical (unpaired) electrons. The lowest BCUT2D eigenvalue weighted by molar-refractivity contribution is 0.0924. The van der Waals surface area contributed by atoms with Crippen LogP contribution in [-0.2, 0) is 6.42 Å². The summed E-state index contributed by atoms with van der Waals surface area (Å²) in [5, 5.41) is 15.0. The lowest BCUT2D eigenvalue weighted by atomic mass is 10.1. The fourth-order valence-electron chi connectivity index (χ4n) is 3.70. The average molecular weight is 371 g/mol. The number of amides is 1. The van der Waals surface area contributed by atoms with Crippen LogP contribution in [0, 0.1) is 6.92 Å². The zero-order valence-electron chi connectivity index (χ0n) is 16.5. The van der Waals surface area contributed by atoms with Crippen molar-refractivity contribution in [2.24, 2.45) is 0 Å². The second kappa shape index (κ2) is 9.10. The normalized spacial score (nSPS) is 16.4. The van der Waals surface area contributed by atoms with E-state index in [0.29, 0.717) is 11.7 Å². The van der Waals surface area contributed by atoms with Crippen molar-refractivity contribution in [3.63, 3.8) is 0 Å². The molecule has 3 rings (SSSR count). The molecule has 0 spiro atoms. The molecule has 0 bridgehead atoms. The molecular weight excluding hydrogens is 340 g/mol. The highest BCUT2D eigenvalue weighted by Gasteiger charge is 2.24. The van der Waals surface area contributed by atoms with Gasteiger partial charge in [-0.05, 0) is 58.9 Å². The van der Waals surface area contributed by atoms with Crippen LogP contribution in [0.5, 0.6) is 0 Å². The van der Waals surface area contributed by atoms with E-state index in [2.05, 4.69) is 38.0 Å². The number of rotatable bonds is 7. The standard InChI is InChI=1S/C20H30N6O/c1-15-19(23-24-26(15)18-9-11-21-12-10-18)20(27)22-17(14-25(2)3)13-16-7-5-4-6-8-16/h4-8,17-18,21H,9-14H2,1-3H3,(H,22,27). The topological polar surface area (TPSA) is 75.1 Å². The summed E-state index contributed by atoms with van der Waals surface area (Å²) in [6, 6.07) is 10.6. The maximum Gasteiger partial charge on any atom is 0.274 e. The second-order valence-electron chi connectivity index (χ2n) is 7.57. The number of carbonyl (C=O) groups is 1. The second-order valence-corrected chi connectivity index (χ2v) is 7.57. The number of nitrogens with one attached hydrogen (secondary N) is 2. The molecule has 27 heavy (non-hydrogen) atoms. The first-order valence-corrected chi connectivity index (χ1v) is 9.66. The maximum atomic E-state index is 12.9. The van der Waals surface area contributed by atoms with Gasteiger partial charge in [-0.25, -0.2) is 4.68 Å². The van der Waals surface area contributed by atoms with Crippen LogP contribution >= 0.6 is 0 Å². The molecule has 1 unspecified atom stereocenters. The van der Waals surface area contributed by atoms with Gasteiger partial charge in [0.25, 0.3) is 5.91 Å². The predicted octanol–water partition coefficient (Wildman–Crippen LogP) is 1.41. The Balaban J connectivity index is 1.70. The van der Waals surface area contributed by atoms with Gasteiger partial charge in [-0.1, -0.05) is 35.5 Å². The molecule has 1 fully saturated rings.